The maximum Gasteiger partial charge on any atom is 0.338 e. The van der Waals surface area contributed by atoms with Gasteiger partial charge in [-0.05, 0) is 38.1 Å². The van der Waals surface area contributed by atoms with Gasteiger partial charge in [-0.2, -0.15) is 0 Å². The van der Waals surface area contributed by atoms with E-state index in [0.717, 1.165) is 0 Å². The molecule has 9 heteroatoms. The van der Waals surface area contributed by atoms with E-state index in [1.54, 1.807) is 59.5 Å². The number of nitrogens with zero attached hydrogens (tertiary/aromatic N) is 2. The number of thiazole rings is 1. The summed E-state index contributed by atoms with van der Waals surface area (Å²) in [6.45, 7) is 3.69. The highest BCUT2D eigenvalue weighted by Gasteiger charge is 2.34. The molecule has 182 valence electrons. The van der Waals surface area contributed by atoms with Crippen LogP contribution in [0.1, 0.15) is 31.0 Å². The van der Waals surface area contributed by atoms with Crippen LogP contribution in [0.3, 0.4) is 0 Å². The summed E-state index contributed by atoms with van der Waals surface area (Å²) in [4.78, 5) is 31.9. The Morgan fingerprint density at radius 1 is 1.09 bits per heavy atom. The Bertz CT molecular complexity index is 1480. The number of carbonyl (C=O) groups is 1. The fourth-order valence-electron chi connectivity index (χ4n) is 4.06. The molecule has 0 aliphatic carbocycles. The monoisotopic (exact) mass is 494 g/mol. The van der Waals surface area contributed by atoms with Crippen molar-refractivity contribution in [3.8, 4) is 17.2 Å². The standard InChI is InChI=1S/C26H26N2O6S/c1-6-34-25(30)22-15(2)27-26-28(23(22)18-9-7-8-10-19(18)32-4)24(29)21(35-26)13-16-11-12-17(31-3)14-20(16)33-5/h7-14,23H,6H2,1-5H3/b21-13+. The van der Waals surface area contributed by atoms with E-state index in [4.69, 9.17) is 18.9 Å². The number of benzene rings is 2. The first-order chi connectivity index (χ1) is 16.9. The number of aromatic nitrogens is 1. The summed E-state index contributed by atoms with van der Waals surface area (Å²) >= 11 is 1.24. The van der Waals surface area contributed by atoms with E-state index in [1.807, 2.05) is 24.3 Å². The lowest BCUT2D eigenvalue weighted by Crippen LogP contribution is -2.40. The van der Waals surface area contributed by atoms with Gasteiger partial charge in [-0.1, -0.05) is 29.5 Å². The first kappa shape index (κ1) is 24.3. The van der Waals surface area contributed by atoms with E-state index < -0.39 is 12.0 Å². The van der Waals surface area contributed by atoms with Crippen molar-refractivity contribution >= 4 is 23.4 Å². The van der Waals surface area contributed by atoms with Crippen molar-refractivity contribution in [2.24, 2.45) is 4.99 Å². The van der Waals surface area contributed by atoms with Gasteiger partial charge in [0.25, 0.3) is 5.56 Å². The van der Waals surface area contributed by atoms with Crippen LogP contribution < -0.4 is 29.1 Å². The van der Waals surface area contributed by atoms with Gasteiger partial charge in [0.15, 0.2) is 4.80 Å². The van der Waals surface area contributed by atoms with Crippen LogP contribution in [0.25, 0.3) is 6.08 Å². The van der Waals surface area contributed by atoms with Crippen molar-refractivity contribution in [3.05, 3.63) is 84.5 Å². The molecule has 1 aromatic heterocycles. The SMILES string of the molecule is CCOC(=O)C1=C(C)N=c2s/c(=C/c3ccc(OC)cc3OC)c(=O)n2C1c1ccccc1OC. The smallest absolute Gasteiger partial charge is 0.338 e. The number of hydrogen-bond acceptors (Lipinski definition) is 8. The van der Waals surface area contributed by atoms with Gasteiger partial charge < -0.3 is 18.9 Å². The van der Waals surface area contributed by atoms with E-state index in [9.17, 15) is 9.59 Å². The van der Waals surface area contributed by atoms with Crippen LogP contribution in [-0.2, 0) is 9.53 Å². The molecule has 1 unspecified atom stereocenters. The second kappa shape index (κ2) is 10.2. The minimum absolute atomic E-state index is 0.204. The van der Waals surface area contributed by atoms with E-state index in [0.29, 0.717) is 49.0 Å². The molecule has 0 amide bonds. The molecule has 0 fully saturated rings. The minimum atomic E-state index is -0.749. The van der Waals surface area contributed by atoms with Crippen LogP contribution in [0.15, 0.2) is 63.5 Å². The van der Waals surface area contributed by atoms with Crippen LogP contribution in [0.5, 0.6) is 17.2 Å². The molecular formula is C26H26N2O6S. The number of allylic oxidation sites excluding steroid dienone is 1. The number of esters is 1. The quantitative estimate of drug-likeness (QED) is 0.470. The number of rotatable bonds is 7. The zero-order valence-corrected chi connectivity index (χ0v) is 21.0. The van der Waals surface area contributed by atoms with Crippen molar-refractivity contribution in [2.75, 3.05) is 27.9 Å². The number of methoxy groups -OCH3 is 3. The Balaban J connectivity index is 1.98. The third-order valence-electron chi connectivity index (χ3n) is 5.68. The maximum absolute atomic E-state index is 13.8. The number of ether oxygens (including phenoxy) is 4. The van der Waals surface area contributed by atoms with E-state index in [-0.39, 0.29) is 12.2 Å². The van der Waals surface area contributed by atoms with Gasteiger partial charge in [0, 0.05) is 17.2 Å². The van der Waals surface area contributed by atoms with Crippen molar-refractivity contribution < 1.29 is 23.7 Å². The average molecular weight is 495 g/mol. The normalized spacial score (nSPS) is 15.3. The summed E-state index contributed by atoms with van der Waals surface area (Å²) < 4.78 is 23.7. The van der Waals surface area contributed by atoms with Crippen LogP contribution in [0, 0.1) is 0 Å². The molecule has 0 bridgehead atoms. The van der Waals surface area contributed by atoms with Crippen molar-refractivity contribution in [2.45, 2.75) is 19.9 Å². The summed E-state index contributed by atoms with van der Waals surface area (Å²) in [5.74, 6) is 1.25. The van der Waals surface area contributed by atoms with Gasteiger partial charge in [0.05, 0.1) is 43.7 Å². The van der Waals surface area contributed by atoms with E-state index in [2.05, 4.69) is 4.99 Å². The Kier molecular flexibility index (Phi) is 7.07. The topological polar surface area (TPSA) is 88.4 Å². The number of hydrogen-bond donors (Lipinski definition) is 0. The Labute approximate surface area is 206 Å². The second-order valence-corrected chi connectivity index (χ2v) is 8.66. The zero-order chi connectivity index (χ0) is 25.1. The molecule has 0 radical (unpaired) electrons. The highest BCUT2D eigenvalue weighted by Crippen LogP contribution is 2.35. The lowest BCUT2D eigenvalue weighted by atomic mass is 9.95. The highest BCUT2D eigenvalue weighted by molar-refractivity contribution is 7.07. The molecule has 2 aromatic carbocycles. The molecule has 0 saturated heterocycles. The molecule has 0 saturated carbocycles. The van der Waals surface area contributed by atoms with Gasteiger partial charge in [-0.3, -0.25) is 9.36 Å². The Morgan fingerprint density at radius 2 is 1.83 bits per heavy atom. The number of fused-ring (bicyclic) bond motifs is 1. The molecule has 4 rings (SSSR count). The molecule has 0 spiro atoms. The fraction of sp³-hybridized carbons (Fsp3) is 0.269. The van der Waals surface area contributed by atoms with Crippen LogP contribution in [0.4, 0.5) is 0 Å². The van der Waals surface area contributed by atoms with E-state index in [1.165, 1.54) is 15.9 Å². The van der Waals surface area contributed by atoms with Gasteiger partial charge >= 0.3 is 5.97 Å². The summed E-state index contributed by atoms with van der Waals surface area (Å²) in [7, 11) is 4.69. The largest absolute Gasteiger partial charge is 0.497 e. The summed E-state index contributed by atoms with van der Waals surface area (Å²) in [6.07, 6.45) is 1.75. The maximum atomic E-state index is 13.8. The number of carbonyl (C=O) groups excluding carboxylic acids is 1. The van der Waals surface area contributed by atoms with Gasteiger partial charge in [-0.15, -0.1) is 0 Å². The molecule has 8 nitrogen and oxygen atoms in total. The molecule has 1 aliphatic rings. The average Bonchev–Trinajstić information content (AvgIpc) is 3.17. The Morgan fingerprint density at radius 3 is 2.51 bits per heavy atom. The van der Waals surface area contributed by atoms with Crippen LogP contribution in [-0.4, -0.2) is 38.5 Å². The zero-order valence-electron chi connectivity index (χ0n) is 20.2. The molecule has 1 aliphatic heterocycles. The van der Waals surface area contributed by atoms with Gasteiger partial charge in [-0.25, -0.2) is 9.79 Å². The van der Waals surface area contributed by atoms with Crippen molar-refractivity contribution in [1.29, 1.82) is 0 Å². The minimum Gasteiger partial charge on any atom is -0.497 e. The van der Waals surface area contributed by atoms with E-state index >= 15 is 0 Å². The summed E-state index contributed by atoms with van der Waals surface area (Å²) in [5, 5.41) is 0. The lowest BCUT2D eigenvalue weighted by Gasteiger charge is -2.25. The fourth-order valence-corrected chi connectivity index (χ4v) is 5.09. The molecule has 35 heavy (non-hydrogen) atoms. The second-order valence-electron chi connectivity index (χ2n) is 7.65. The van der Waals surface area contributed by atoms with Gasteiger partial charge in [0.1, 0.15) is 23.3 Å². The third-order valence-corrected chi connectivity index (χ3v) is 6.66. The molecular weight excluding hydrogens is 468 g/mol. The lowest BCUT2D eigenvalue weighted by molar-refractivity contribution is -0.139. The first-order valence-electron chi connectivity index (χ1n) is 11.0. The number of para-hydroxylation sites is 1. The van der Waals surface area contributed by atoms with Crippen molar-refractivity contribution in [3.63, 3.8) is 0 Å². The molecule has 0 N–H and O–H groups in total. The van der Waals surface area contributed by atoms with Crippen molar-refractivity contribution in [1.82, 2.24) is 4.57 Å². The molecule has 3 aromatic rings. The molecule has 1 atom stereocenters. The van der Waals surface area contributed by atoms with Gasteiger partial charge in [0.2, 0.25) is 0 Å². The highest BCUT2D eigenvalue weighted by atomic mass is 32.1. The summed E-state index contributed by atoms with van der Waals surface area (Å²) in [5.41, 5.74) is 1.90. The third kappa shape index (κ3) is 4.46. The predicted molar refractivity (Wildman–Crippen MR) is 133 cm³/mol. The first-order valence-corrected chi connectivity index (χ1v) is 11.8. The van der Waals surface area contributed by atoms with Crippen LogP contribution >= 0.6 is 11.3 Å². The summed E-state index contributed by atoms with van der Waals surface area (Å²) in [6, 6.07) is 11.9. The predicted octanol–water partition coefficient (Wildman–Crippen LogP) is 2.82. The Hall–Kier alpha value is -3.85. The van der Waals surface area contributed by atoms with Crippen LogP contribution in [0.2, 0.25) is 0 Å². The molecule has 2 heterocycles.